The topological polar surface area (TPSA) is 63.5 Å². The molecule has 2 heterocycles. The normalized spacial score (nSPS) is 33.6. The Bertz CT molecular complexity index is 1020. The quantitative estimate of drug-likeness (QED) is 0.831. The highest BCUT2D eigenvalue weighted by Crippen LogP contribution is 2.61. The van der Waals surface area contributed by atoms with Crippen LogP contribution in [0, 0.1) is 23.2 Å². The van der Waals surface area contributed by atoms with Gasteiger partial charge in [-0.25, -0.2) is 4.98 Å². The molecule has 0 aromatic carbocycles. The minimum absolute atomic E-state index is 0.111. The first-order valence-electron chi connectivity index (χ1n) is 11.4. The van der Waals surface area contributed by atoms with Crippen molar-refractivity contribution in [3.63, 3.8) is 0 Å². The summed E-state index contributed by atoms with van der Waals surface area (Å²) in [6.07, 6.45) is 13.6. The van der Waals surface area contributed by atoms with E-state index < -0.39 is 0 Å². The summed E-state index contributed by atoms with van der Waals surface area (Å²) in [6, 6.07) is 0.111. The van der Waals surface area contributed by atoms with E-state index in [9.17, 15) is 9.59 Å². The van der Waals surface area contributed by atoms with Gasteiger partial charge in [0, 0.05) is 22.8 Å². The van der Waals surface area contributed by atoms with Gasteiger partial charge in [-0.1, -0.05) is 0 Å². The highest BCUT2D eigenvalue weighted by Gasteiger charge is 2.53. The van der Waals surface area contributed by atoms with Crippen LogP contribution in [0.15, 0.2) is 11.0 Å². The van der Waals surface area contributed by atoms with E-state index in [1.807, 2.05) is 0 Å². The smallest absolute Gasteiger partial charge is 0.271 e. The number of aromatic nitrogens is 2. The van der Waals surface area contributed by atoms with E-state index in [0.29, 0.717) is 0 Å². The van der Waals surface area contributed by atoms with Crippen LogP contribution in [-0.2, 0) is 12.8 Å². The molecule has 1 amide bonds. The third-order valence-corrected chi connectivity index (χ3v) is 9.56. The average molecular weight is 412 g/mol. The van der Waals surface area contributed by atoms with Gasteiger partial charge in [0.1, 0.15) is 5.56 Å². The van der Waals surface area contributed by atoms with Gasteiger partial charge in [-0.15, -0.1) is 11.3 Å². The van der Waals surface area contributed by atoms with E-state index in [0.717, 1.165) is 47.7 Å². The second-order valence-corrected chi connectivity index (χ2v) is 11.3. The molecule has 29 heavy (non-hydrogen) atoms. The summed E-state index contributed by atoms with van der Waals surface area (Å²) in [5.41, 5.74) is 1.33. The second-order valence-electron chi connectivity index (χ2n) is 10.2. The third-order valence-electron chi connectivity index (χ3n) is 8.40. The summed E-state index contributed by atoms with van der Waals surface area (Å²) < 4.78 is 1.71. The highest BCUT2D eigenvalue weighted by molar-refractivity contribution is 7.17. The molecular weight excluding hydrogens is 382 g/mol. The molecular formula is C23H29N3O2S. The van der Waals surface area contributed by atoms with Crippen molar-refractivity contribution in [1.82, 2.24) is 14.7 Å². The van der Waals surface area contributed by atoms with Crippen LogP contribution in [0.1, 0.15) is 79.2 Å². The van der Waals surface area contributed by atoms with Crippen LogP contribution >= 0.6 is 11.3 Å². The van der Waals surface area contributed by atoms with E-state index in [-0.39, 0.29) is 28.5 Å². The number of nitrogens with zero attached hydrogens (tertiary/aromatic N) is 2. The number of carbonyl (C=O) groups excluding carboxylic acids is 1. The van der Waals surface area contributed by atoms with Crippen molar-refractivity contribution in [2.45, 2.75) is 77.2 Å². The average Bonchev–Trinajstić information content (AvgIpc) is 3.06. The Morgan fingerprint density at radius 2 is 1.83 bits per heavy atom. The first-order valence-corrected chi connectivity index (χ1v) is 12.2. The van der Waals surface area contributed by atoms with Crippen molar-refractivity contribution < 1.29 is 4.79 Å². The van der Waals surface area contributed by atoms with Crippen LogP contribution in [0.4, 0.5) is 0 Å². The SMILES string of the molecule is C[C@@H](NC(=O)c1cnc2sc3c(n2c1=O)CCCC3)C12CC3CC(CC(C3)C1)C2. The van der Waals surface area contributed by atoms with Crippen molar-refractivity contribution in [2.75, 3.05) is 0 Å². The van der Waals surface area contributed by atoms with Gasteiger partial charge >= 0.3 is 0 Å². The Labute approximate surface area is 174 Å². The molecule has 5 aliphatic rings. The van der Waals surface area contributed by atoms with Crippen LogP contribution in [0.25, 0.3) is 4.96 Å². The van der Waals surface area contributed by atoms with Crippen LogP contribution in [0.3, 0.4) is 0 Å². The molecule has 2 aromatic rings. The molecule has 7 rings (SSSR count). The Morgan fingerprint density at radius 1 is 1.17 bits per heavy atom. The number of nitrogens with one attached hydrogen (secondary N) is 1. The predicted molar refractivity (Wildman–Crippen MR) is 114 cm³/mol. The maximum atomic E-state index is 13.2. The number of thiazole rings is 1. The van der Waals surface area contributed by atoms with Gasteiger partial charge in [0.05, 0.1) is 0 Å². The maximum absolute atomic E-state index is 13.2. The van der Waals surface area contributed by atoms with Crippen LogP contribution in [-0.4, -0.2) is 21.3 Å². The van der Waals surface area contributed by atoms with Crippen molar-refractivity contribution in [2.24, 2.45) is 23.2 Å². The fourth-order valence-corrected chi connectivity index (χ4v) is 8.53. The van der Waals surface area contributed by atoms with Crippen molar-refractivity contribution >= 4 is 22.2 Å². The molecule has 0 saturated heterocycles. The lowest BCUT2D eigenvalue weighted by Crippen LogP contribution is -2.56. The molecule has 0 aliphatic heterocycles. The van der Waals surface area contributed by atoms with Crippen LogP contribution in [0.5, 0.6) is 0 Å². The van der Waals surface area contributed by atoms with Crippen LogP contribution < -0.4 is 10.9 Å². The summed E-state index contributed by atoms with van der Waals surface area (Å²) in [6.45, 7) is 2.17. The monoisotopic (exact) mass is 411 g/mol. The zero-order valence-corrected chi connectivity index (χ0v) is 17.9. The Morgan fingerprint density at radius 3 is 2.52 bits per heavy atom. The van der Waals surface area contributed by atoms with Gasteiger partial charge in [0.2, 0.25) is 0 Å². The lowest BCUT2D eigenvalue weighted by Gasteiger charge is -2.59. The standard InChI is InChI=1S/C23H29N3O2S/c1-13(23-9-14-6-15(10-23)8-16(7-14)11-23)25-20(27)17-12-24-22-26(21(17)28)18-4-2-3-5-19(18)29-22/h12-16H,2-11H2,1H3,(H,25,27)/t13-,14?,15?,16?,23?/m1/s1. The number of aryl methyl sites for hydroxylation is 2. The van der Waals surface area contributed by atoms with Gasteiger partial charge in [-0.2, -0.15) is 0 Å². The summed E-state index contributed by atoms with van der Waals surface area (Å²) in [5.74, 6) is 2.31. The first-order chi connectivity index (χ1) is 14.0. The molecule has 4 saturated carbocycles. The number of carbonyl (C=O) groups is 1. The fraction of sp³-hybridized carbons (Fsp3) is 0.696. The molecule has 5 aliphatic carbocycles. The molecule has 2 aromatic heterocycles. The van der Waals surface area contributed by atoms with Crippen molar-refractivity contribution in [3.8, 4) is 0 Å². The minimum atomic E-state index is -0.240. The van der Waals surface area contributed by atoms with E-state index in [4.69, 9.17) is 0 Å². The number of amides is 1. The third kappa shape index (κ3) is 2.74. The zero-order valence-electron chi connectivity index (χ0n) is 17.1. The second kappa shape index (κ2) is 6.40. The fourth-order valence-electron chi connectivity index (χ4n) is 7.36. The van der Waals surface area contributed by atoms with E-state index in [1.54, 1.807) is 15.7 Å². The number of hydrogen-bond donors (Lipinski definition) is 1. The maximum Gasteiger partial charge on any atom is 0.271 e. The van der Waals surface area contributed by atoms with Gasteiger partial charge in [-0.3, -0.25) is 14.0 Å². The summed E-state index contributed by atoms with van der Waals surface area (Å²) in [5, 5.41) is 3.24. The number of hydrogen-bond acceptors (Lipinski definition) is 4. The molecule has 6 heteroatoms. The van der Waals surface area contributed by atoms with Crippen molar-refractivity contribution in [3.05, 3.63) is 32.7 Å². The Balaban J connectivity index is 1.29. The van der Waals surface area contributed by atoms with E-state index >= 15 is 0 Å². The zero-order chi connectivity index (χ0) is 19.8. The molecule has 0 spiro atoms. The molecule has 0 unspecified atom stereocenters. The van der Waals surface area contributed by atoms with Gasteiger partial charge in [0.15, 0.2) is 4.96 Å². The molecule has 1 N–H and O–H groups in total. The Kier molecular flexibility index (Phi) is 4.00. The molecule has 5 nitrogen and oxygen atoms in total. The molecule has 4 bridgehead atoms. The van der Waals surface area contributed by atoms with Gasteiger partial charge in [-0.05, 0) is 94.3 Å². The van der Waals surface area contributed by atoms with Gasteiger partial charge < -0.3 is 5.32 Å². The summed E-state index contributed by atoms with van der Waals surface area (Å²) in [7, 11) is 0. The molecule has 0 radical (unpaired) electrons. The van der Waals surface area contributed by atoms with E-state index in [1.165, 1.54) is 56.0 Å². The summed E-state index contributed by atoms with van der Waals surface area (Å²) in [4.78, 5) is 32.8. The highest BCUT2D eigenvalue weighted by atomic mass is 32.1. The first kappa shape index (κ1) is 18.1. The molecule has 1 atom stereocenters. The minimum Gasteiger partial charge on any atom is -0.349 e. The number of fused-ring (bicyclic) bond motifs is 3. The van der Waals surface area contributed by atoms with E-state index in [2.05, 4.69) is 17.2 Å². The molecule has 154 valence electrons. The lowest BCUT2D eigenvalue weighted by atomic mass is 9.48. The predicted octanol–water partition coefficient (Wildman–Crippen LogP) is 3.97. The largest absolute Gasteiger partial charge is 0.349 e. The lowest BCUT2D eigenvalue weighted by molar-refractivity contribution is -0.0688. The van der Waals surface area contributed by atoms with Crippen molar-refractivity contribution in [1.29, 1.82) is 0 Å². The molecule has 4 fully saturated rings. The number of rotatable bonds is 3. The van der Waals surface area contributed by atoms with Crippen LogP contribution in [0.2, 0.25) is 0 Å². The Hall–Kier alpha value is -1.69. The summed E-state index contributed by atoms with van der Waals surface area (Å²) >= 11 is 1.61. The van der Waals surface area contributed by atoms with Gasteiger partial charge in [0.25, 0.3) is 11.5 Å².